The molecule has 7 nitrogen and oxygen atoms in total. The van der Waals surface area contributed by atoms with Gasteiger partial charge in [-0.25, -0.2) is 18.1 Å². The summed E-state index contributed by atoms with van der Waals surface area (Å²) in [6.45, 7) is 2.22. The summed E-state index contributed by atoms with van der Waals surface area (Å²) in [5.41, 5.74) is 1.34. The van der Waals surface area contributed by atoms with Gasteiger partial charge in [0.25, 0.3) is 5.91 Å². The van der Waals surface area contributed by atoms with Crippen LogP contribution < -0.4 is 10.0 Å². The maximum atomic E-state index is 12.5. The minimum Gasteiger partial charge on any atom is -0.345 e. The van der Waals surface area contributed by atoms with Gasteiger partial charge in [0.2, 0.25) is 10.0 Å². The van der Waals surface area contributed by atoms with Crippen molar-refractivity contribution < 1.29 is 13.2 Å². The van der Waals surface area contributed by atoms with Crippen LogP contribution in [0.25, 0.3) is 0 Å². The Hall–Kier alpha value is -1.71. The van der Waals surface area contributed by atoms with Gasteiger partial charge in [-0.1, -0.05) is 6.92 Å². The zero-order valence-electron chi connectivity index (χ0n) is 13.8. The first-order valence-electron chi connectivity index (χ1n) is 7.70. The average Bonchev–Trinajstić information content (AvgIpc) is 3.10. The van der Waals surface area contributed by atoms with Gasteiger partial charge in [-0.3, -0.25) is 10.1 Å². The highest BCUT2D eigenvalue weighted by molar-refractivity contribution is 7.89. The van der Waals surface area contributed by atoms with Crippen LogP contribution in [0.4, 0.5) is 5.13 Å². The lowest BCUT2D eigenvalue weighted by atomic mass is 9.93. The molecule has 0 unspecified atom stereocenters. The van der Waals surface area contributed by atoms with Gasteiger partial charge in [-0.05, 0) is 38.3 Å². The summed E-state index contributed by atoms with van der Waals surface area (Å²) < 4.78 is 27.4. The minimum absolute atomic E-state index is 0.0601. The molecule has 1 aliphatic carbocycles. The molecule has 0 saturated heterocycles. The average molecular weight is 368 g/mol. The molecule has 0 aromatic carbocycles. The number of fused-ring (bicyclic) bond motifs is 1. The first-order chi connectivity index (χ1) is 11.3. The third-order valence-electron chi connectivity index (χ3n) is 4.20. The van der Waals surface area contributed by atoms with Crippen molar-refractivity contribution in [2.24, 2.45) is 13.0 Å². The minimum atomic E-state index is -3.58. The van der Waals surface area contributed by atoms with E-state index in [1.165, 1.54) is 40.1 Å². The fourth-order valence-electron chi connectivity index (χ4n) is 2.78. The predicted octanol–water partition coefficient (Wildman–Crippen LogP) is 1.77. The molecule has 1 atom stereocenters. The Morgan fingerprint density at radius 3 is 2.92 bits per heavy atom. The fourth-order valence-corrected chi connectivity index (χ4v) is 4.74. The zero-order valence-corrected chi connectivity index (χ0v) is 15.4. The molecule has 24 heavy (non-hydrogen) atoms. The Labute approximate surface area is 145 Å². The van der Waals surface area contributed by atoms with Gasteiger partial charge in [0.15, 0.2) is 5.13 Å². The third kappa shape index (κ3) is 3.24. The van der Waals surface area contributed by atoms with Crippen LogP contribution in [0.2, 0.25) is 0 Å². The lowest BCUT2D eigenvalue weighted by Crippen LogP contribution is -2.18. The predicted molar refractivity (Wildman–Crippen MR) is 92.9 cm³/mol. The molecule has 2 N–H and O–H groups in total. The summed E-state index contributed by atoms with van der Waals surface area (Å²) in [5, 5.41) is 3.35. The number of hydrogen-bond donors (Lipinski definition) is 2. The van der Waals surface area contributed by atoms with E-state index in [4.69, 9.17) is 0 Å². The van der Waals surface area contributed by atoms with Crippen molar-refractivity contribution in [1.82, 2.24) is 14.3 Å². The number of nitrogens with zero attached hydrogens (tertiary/aromatic N) is 2. The van der Waals surface area contributed by atoms with E-state index in [1.807, 2.05) is 0 Å². The molecule has 1 amide bonds. The van der Waals surface area contributed by atoms with Crippen LogP contribution in [0.1, 0.15) is 34.4 Å². The molecule has 2 aromatic rings. The maximum absolute atomic E-state index is 12.5. The molecule has 9 heteroatoms. The standard InChI is InChI=1S/C15H20N4O3S2/c1-9-4-5-11-13(6-9)23-15(17-11)18-14(20)12-7-10(8-19(12)3)24(21,22)16-2/h7-9,16H,4-6H2,1-3H3,(H,17,18,20)/t9-/m1/s1. The van der Waals surface area contributed by atoms with Gasteiger partial charge < -0.3 is 4.57 Å². The van der Waals surface area contributed by atoms with Crippen molar-refractivity contribution in [1.29, 1.82) is 0 Å². The summed E-state index contributed by atoms with van der Waals surface area (Å²) in [6.07, 6.45) is 4.47. The molecule has 1 aliphatic rings. The van der Waals surface area contributed by atoms with Gasteiger partial charge in [-0.15, -0.1) is 11.3 Å². The molecule has 3 rings (SSSR count). The Morgan fingerprint density at radius 2 is 2.21 bits per heavy atom. The number of aryl methyl sites for hydroxylation is 2. The van der Waals surface area contributed by atoms with E-state index in [9.17, 15) is 13.2 Å². The fraction of sp³-hybridized carbons (Fsp3) is 0.467. The lowest BCUT2D eigenvalue weighted by Gasteiger charge is -2.15. The van der Waals surface area contributed by atoms with Crippen LogP contribution in [0.15, 0.2) is 17.2 Å². The van der Waals surface area contributed by atoms with Gasteiger partial charge in [-0.2, -0.15) is 0 Å². The third-order valence-corrected chi connectivity index (χ3v) is 6.61. The van der Waals surface area contributed by atoms with Crippen LogP contribution >= 0.6 is 11.3 Å². The highest BCUT2D eigenvalue weighted by atomic mass is 32.2. The van der Waals surface area contributed by atoms with Gasteiger partial charge in [0, 0.05) is 18.1 Å². The normalized spacial score (nSPS) is 17.5. The summed E-state index contributed by atoms with van der Waals surface area (Å²) >= 11 is 1.50. The number of thiazole rings is 1. The van der Waals surface area contributed by atoms with Crippen molar-refractivity contribution in [2.45, 2.75) is 31.1 Å². The smallest absolute Gasteiger partial charge is 0.274 e. The van der Waals surface area contributed by atoms with Gasteiger partial charge in [0.05, 0.1) is 5.69 Å². The van der Waals surface area contributed by atoms with E-state index >= 15 is 0 Å². The molecule has 0 fully saturated rings. The molecule has 0 aliphatic heterocycles. The second-order valence-electron chi connectivity index (χ2n) is 6.07. The largest absolute Gasteiger partial charge is 0.345 e. The van der Waals surface area contributed by atoms with Crippen molar-refractivity contribution in [3.05, 3.63) is 28.5 Å². The molecule has 0 bridgehead atoms. The molecule has 2 aromatic heterocycles. The molecular weight excluding hydrogens is 348 g/mol. The second-order valence-corrected chi connectivity index (χ2v) is 9.04. The van der Waals surface area contributed by atoms with E-state index in [-0.39, 0.29) is 16.5 Å². The number of rotatable bonds is 4. The van der Waals surface area contributed by atoms with E-state index < -0.39 is 10.0 Å². The summed E-state index contributed by atoms with van der Waals surface area (Å²) in [7, 11) is -0.605. The number of carbonyl (C=O) groups excluding carboxylic acids is 1. The van der Waals surface area contributed by atoms with Gasteiger partial charge >= 0.3 is 0 Å². The van der Waals surface area contributed by atoms with Crippen LogP contribution in [0.3, 0.4) is 0 Å². The Bertz CT molecular complexity index is 883. The van der Waals surface area contributed by atoms with Crippen LogP contribution in [-0.4, -0.2) is 30.9 Å². The highest BCUT2D eigenvalue weighted by Crippen LogP contribution is 2.32. The number of carbonyl (C=O) groups is 1. The molecule has 0 saturated carbocycles. The number of hydrogen-bond acceptors (Lipinski definition) is 5. The Morgan fingerprint density at radius 1 is 1.46 bits per heavy atom. The van der Waals surface area contributed by atoms with Crippen molar-refractivity contribution in [3.8, 4) is 0 Å². The van der Waals surface area contributed by atoms with Crippen molar-refractivity contribution >= 4 is 32.4 Å². The number of amides is 1. The molecule has 130 valence electrons. The van der Waals surface area contributed by atoms with E-state index in [0.717, 1.165) is 25.0 Å². The van der Waals surface area contributed by atoms with Gasteiger partial charge in [0.1, 0.15) is 10.6 Å². The Kier molecular flexibility index (Phi) is 4.50. The molecular formula is C15H20N4O3S2. The quantitative estimate of drug-likeness (QED) is 0.860. The number of aromatic nitrogens is 2. The number of sulfonamides is 1. The first kappa shape index (κ1) is 17.1. The van der Waals surface area contributed by atoms with Crippen LogP contribution in [-0.2, 0) is 29.9 Å². The first-order valence-corrected chi connectivity index (χ1v) is 10.00. The SMILES string of the molecule is CNS(=O)(=O)c1cc(C(=O)Nc2nc3c(s2)C[C@H](C)CC3)n(C)c1. The monoisotopic (exact) mass is 368 g/mol. The highest BCUT2D eigenvalue weighted by Gasteiger charge is 2.23. The van der Waals surface area contributed by atoms with E-state index in [0.29, 0.717) is 11.0 Å². The summed E-state index contributed by atoms with van der Waals surface area (Å²) in [4.78, 5) is 18.3. The van der Waals surface area contributed by atoms with Crippen LogP contribution in [0, 0.1) is 5.92 Å². The van der Waals surface area contributed by atoms with Crippen LogP contribution in [0.5, 0.6) is 0 Å². The number of anilines is 1. The van der Waals surface area contributed by atoms with E-state index in [1.54, 1.807) is 7.05 Å². The molecule has 2 heterocycles. The van der Waals surface area contributed by atoms with Crippen molar-refractivity contribution in [2.75, 3.05) is 12.4 Å². The van der Waals surface area contributed by atoms with Crippen molar-refractivity contribution in [3.63, 3.8) is 0 Å². The summed E-state index contributed by atoms with van der Waals surface area (Å²) in [6, 6.07) is 1.36. The second kappa shape index (κ2) is 6.30. The maximum Gasteiger partial charge on any atom is 0.274 e. The topological polar surface area (TPSA) is 93.1 Å². The summed E-state index contributed by atoms with van der Waals surface area (Å²) in [5.74, 6) is 0.276. The van der Waals surface area contributed by atoms with E-state index in [2.05, 4.69) is 21.9 Å². The lowest BCUT2D eigenvalue weighted by molar-refractivity contribution is 0.101. The molecule has 0 spiro atoms. The zero-order chi connectivity index (χ0) is 17.5. The molecule has 0 radical (unpaired) electrons. The Balaban J connectivity index is 1.81. The number of nitrogens with one attached hydrogen (secondary N) is 2.